The van der Waals surface area contributed by atoms with E-state index in [4.69, 9.17) is 10.6 Å². The van der Waals surface area contributed by atoms with Crippen LogP contribution in [0, 0.1) is 5.92 Å². The smallest absolute Gasteiger partial charge is 0.0725 e. The number of hydrazine groups is 1. The molecule has 3 heteroatoms. The van der Waals surface area contributed by atoms with Crippen molar-refractivity contribution in [2.75, 3.05) is 0 Å². The molecule has 17 heavy (non-hydrogen) atoms. The quantitative estimate of drug-likeness (QED) is 0.608. The van der Waals surface area contributed by atoms with Gasteiger partial charge in [0.1, 0.15) is 0 Å². The Bertz CT molecular complexity index is 376. The van der Waals surface area contributed by atoms with E-state index in [9.17, 15) is 0 Å². The second kappa shape index (κ2) is 5.63. The van der Waals surface area contributed by atoms with Gasteiger partial charge in [-0.3, -0.25) is 11.3 Å². The minimum atomic E-state index is 0.253. The Kier molecular flexibility index (Phi) is 4.15. The average molecular weight is 234 g/mol. The topological polar surface area (TPSA) is 47.3 Å². The lowest BCUT2D eigenvalue weighted by Crippen LogP contribution is -2.28. The van der Waals surface area contributed by atoms with E-state index in [1.165, 1.54) is 23.1 Å². The Morgan fingerprint density at radius 1 is 1.24 bits per heavy atom. The SMILES string of the molecule is CC(C)CCC(NN)c1ccc2c(c1)COC2. The van der Waals surface area contributed by atoms with Gasteiger partial charge in [0.25, 0.3) is 0 Å². The second-order valence-corrected chi connectivity index (χ2v) is 5.21. The largest absolute Gasteiger partial charge is 0.372 e. The zero-order valence-electron chi connectivity index (χ0n) is 10.7. The van der Waals surface area contributed by atoms with Crippen molar-refractivity contribution in [3.63, 3.8) is 0 Å². The lowest BCUT2D eigenvalue weighted by atomic mass is 9.96. The van der Waals surface area contributed by atoms with Crippen LogP contribution in [0.3, 0.4) is 0 Å². The number of rotatable bonds is 5. The normalized spacial score (nSPS) is 16.2. The number of benzene rings is 1. The number of fused-ring (bicyclic) bond motifs is 1. The van der Waals surface area contributed by atoms with Crippen LogP contribution in [0.4, 0.5) is 0 Å². The van der Waals surface area contributed by atoms with Crippen molar-refractivity contribution in [2.24, 2.45) is 11.8 Å². The molecule has 3 N–H and O–H groups in total. The third kappa shape index (κ3) is 3.06. The predicted molar refractivity (Wildman–Crippen MR) is 69.1 cm³/mol. The van der Waals surface area contributed by atoms with Crippen molar-refractivity contribution >= 4 is 0 Å². The number of nitrogens with one attached hydrogen (secondary N) is 1. The molecule has 1 aromatic carbocycles. The van der Waals surface area contributed by atoms with Gasteiger partial charge in [-0.2, -0.15) is 0 Å². The molecule has 1 atom stereocenters. The highest BCUT2D eigenvalue weighted by Gasteiger charge is 2.15. The summed E-state index contributed by atoms with van der Waals surface area (Å²) in [6.07, 6.45) is 2.26. The van der Waals surface area contributed by atoms with Gasteiger partial charge in [0.2, 0.25) is 0 Å². The van der Waals surface area contributed by atoms with Crippen molar-refractivity contribution in [3.8, 4) is 0 Å². The van der Waals surface area contributed by atoms with Crippen LogP contribution in [0.15, 0.2) is 18.2 Å². The first-order valence-electron chi connectivity index (χ1n) is 6.36. The van der Waals surface area contributed by atoms with Gasteiger partial charge in [0.05, 0.1) is 13.2 Å². The first kappa shape index (κ1) is 12.6. The second-order valence-electron chi connectivity index (χ2n) is 5.21. The highest BCUT2D eigenvalue weighted by molar-refractivity contribution is 5.34. The predicted octanol–water partition coefficient (Wildman–Crippen LogP) is 2.66. The molecule has 94 valence electrons. The Balaban J connectivity index is 2.08. The molecule has 0 bridgehead atoms. The van der Waals surface area contributed by atoms with E-state index < -0.39 is 0 Å². The van der Waals surface area contributed by atoms with Crippen molar-refractivity contribution < 1.29 is 4.74 Å². The summed E-state index contributed by atoms with van der Waals surface area (Å²) in [6.45, 7) is 5.97. The van der Waals surface area contributed by atoms with Gasteiger partial charge in [-0.25, -0.2) is 0 Å². The lowest BCUT2D eigenvalue weighted by molar-refractivity contribution is 0.134. The van der Waals surface area contributed by atoms with Crippen molar-refractivity contribution in [1.82, 2.24) is 5.43 Å². The third-order valence-electron chi connectivity index (χ3n) is 3.38. The molecule has 0 saturated heterocycles. The Morgan fingerprint density at radius 2 is 2.00 bits per heavy atom. The summed E-state index contributed by atoms with van der Waals surface area (Å²) in [6, 6.07) is 6.81. The minimum absolute atomic E-state index is 0.253. The van der Waals surface area contributed by atoms with Crippen molar-refractivity contribution in [1.29, 1.82) is 0 Å². The number of nitrogens with two attached hydrogens (primary N) is 1. The van der Waals surface area contributed by atoms with Crippen LogP contribution >= 0.6 is 0 Å². The molecule has 1 aromatic rings. The maximum Gasteiger partial charge on any atom is 0.0725 e. The van der Waals surface area contributed by atoms with Gasteiger partial charge < -0.3 is 4.74 Å². The Morgan fingerprint density at radius 3 is 2.71 bits per heavy atom. The van der Waals surface area contributed by atoms with Crippen LogP contribution in [-0.4, -0.2) is 0 Å². The zero-order valence-corrected chi connectivity index (χ0v) is 10.7. The van der Waals surface area contributed by atoms with Crippen LogP contribution in [0.1, 0.15) is 49.4 Å². The van der Waals surface area contributed by atoms with Gasteiger partial charge >= 0.3 is 0 Å². The molecule has 0 radical (unpaired) electrons. The Hall–Kier alpha value is -0.900. The summed E-state index contributed by atoms with van der Waals surface area (Å²) in [5.41, 5.74) is 6.83. The monoisotopic (exact) mass is 234 g/mol. The fraction of sp³-hybridized carbons (Fsp3) is 0.571. The summed E-state index contributed by atoms with van der Waals surface area (Å²) < 4.78 is 5.43. The first-order chi connectivity index (χ1) is 8.20. The summed E-state index contributed by atoms with van der Waals surface area (Å²) in [7, 11) is 0. The fourth-order valence-corrected chi connectivity index (χ4v) is 2.25. The van der Waals surface area contributed by atoms with Crippen LogP contribution in [0.25, 0.3) is 0 Å². The maximum absolute atomic E-state index is 5.65. The first-order valence-corrected chi connectivity index (χ1v) is 6.36. The molecular formula is C14H22N2O. The van der Waals surface area contributed by atoms with E-state index in [0.717, 1.165) is 19.6 Å². The van der Waals surface area contributed by atoms with E-state index in [-0.39, 0.29) is 6.04 Å². The van der Waals surface area contributed by atoms with Gasteiger partial charge in [0.15, 0.2) is 0 Å². The van der Waals surface area contributed by atoms with E-state index in [0.29, 0.717) is 5.92 Å². The number of hydrogen-bond donors (Lipinski definition) is 2. The van der Waals surface area contributed by atoms with Crippen LogP contribution < -0.4 is 11.3 Å². The summed E-state index contributed by atoms with van der Waals surface area (Å²) in [5.74, 6) is 6.37. The molecule has 0 saturated carbocycles. The summed E-state index contributed by atoms with van der Waals surface area (Å²) >= 11 is 0. The van der Waals surface area contributed by atoms with Crippen LogP contribution in [-0.2, 0) is 18.0 Å². The minimum Gasteiger partial charge on any atom is -0.372 e. The Labute approximate surface area is 103 Å². The molecule has 0 fully saturated rings. The molecule has 1 heterocycles. The highest BCUT2D eigenvalue weighted by Crippen LogP contribution is 2.26. The molecule has 0 aliphatic carbocycles. The van der Waals surface area contributed by atoms with E-state index >= 15 is 0 Å². The molecule has 1 unspecified atom stereocenters. The van der Waals surface area contributed by atoms with Gasteiger partial charge in [-0.1, -0.05) is 32.0 Å². The lowest BCUT2D eigenvalue weighted by Gasteiger charge is -2.18. The molecule has 3 nitrogen and oxygen atoms in total. The van der Waals surface area contributed by atoms with E-state index in [2.05, 4.69) is 37.5 Å². The number of hydrogen-bond acceptors (Lipinski definition) is 3. The zero-order chi connectivity index (χ0) is 12.3. The van der Waals surface area contributed by atoms with Crippen molar-refractivity contribution in [2.45, 2.75) is 45.9 Å². The van der Waals surface area contributed by atoms with Gasteiger partial charge in [0, 0.05) is 6.04 Å². The summed E-state index contributed by atoms with van der Waals surface area (Å²) in [5, 5.41) is 0. The molecule has 2 rings (SSSR count). The molecule has 0 spiro atoms. The van der Waals surface area contributed by atoms with Crippen LogP contribution in [0.5, 0.6) is 0 Å². The standard InChI is InChI=1S/C14H22N2O/c1-10(2)3-6-14(16-15)11-4-5-12-8-17-9-13(12)7-11/h4-5,7,10,14,16H,3,6,8-9,15H2,1-2H3. The molecule has 1 aliphatic rings. The maximum atomic E-state index is 5.65. The van der Waals surface area contributed by atoms with Crippen LogP contribution in [0.2, 0.25) is 0 Å². The summed E-state index contributed by atoms with van der Waals surface area (Å²) in [4.78, 5) is 0. The third-order valence-corrected chi connectivity index (χ3v) is 3.38. The van der Waals surface area contributed by atoms with E-state index in [1.54, 1.807) is 0 Å². The molecular weight excluding hydrogens is 212 g/mol. The fourth-order valence-electron chi connectivity index (χ4n) is 2.25. The molecule has 0 amide bonds. The van der Waals surface area contributed by atoms with Gasteiger partial charge in [-0.05, 0) is 35.4 Å². The highest BCUT2D eigenvalue weighted by atomic mass is 16.5. The van der Waals surface area contributed by atoms with Crippen molar-refractivity contribution in [3.05, 3.63) is 34.9 Å². The molecule has 0 aromatic heterocycles. The van der Waals surface area contributed by atoms with E-state index in [1.807, 2.05) is 0 Å². The molecule has 1 aliphatic heterocycles. The van der Waals surface area contributed by atoms with Gasteiger partial charge in [-0.15, -0.1) is 0 Å². The number of ether oxygens (including phenoxy) is 1. The average Bonchev–Trinajstić information content (AvgIpc) is 2.76.